The SMILES string of the molecule is CC(=O)N1CCC(Cn2cc(C(=O)C(C)C)cn2)CC1. The molecular weight excluding hydrogens is 254 g/mol. The average Bonchev–Trinajstić information content (AvgIpc) is 2.86. The van der Waals surface area contributed by atoms with Crippen LogP contribution in [0.25, 0.3) is 0 Å². The van der Waals surface area contributed by atoms with Crippen LogP contribution in [-0.2, 0) is 11.3 Å². The summed E-state index contributed by atoms with van der Waals surface area (Å²) in [5.74, 6) is 0.842. The highest BCUT2D eigenvalue weighted by atomic mass is 16.2. The van der Waals surface area contributed by atoms with E-state index in [1.54, 1.807) is 13.1 Å². The fourth-order valence-electron chi connectivity index (χ4n) is 2.62. The molecule has 1 aromatic rings. The molecule has 1 fully saturated rings. The summed E-state index contributed by atoms with van der Waals surface area (Å²) in [6, 6.07) is 0. The van der Waals surface area contributed by atoms with Crippen LogP contribution >= 0.6 is 0 Å². The standard InChI is InChI=1S/C15H23N3O2/c1-11(2)15(20)14-8-16-18(10-14)9-13-4-6-17(7-5-13)12(3)19/h8,10-11,13H,4-7,9H2,1-3H3. The quantitative estimate of drug-likeness (QED) is 0.791. The number of Topliss-reactive ketones (excluding diaryl/α,β-unsaturated/α-hetero) is 1. The maximum atomic E-state index is 11.9. The number of piperidine rings is 1. The third kappa shape index (κ3) is 3.46. The van der Waals surface area contributed by atoms with E-state index in [0.29, 0.717) is 11.5 Å². The van der Waals surface area contributed by atoms with Gasteiger partial charge in [0.25, 0.3) is 0 Å². The highest BCUT2D eigenvalue weighted by molar-refractivity contribution is 5.96. The van der Waals surface area contributed by atoms with Gasteiger partial charge >= 0.3 is 0 Å². The molecule has 0 unspecified atom stereocenters. The van der Waals surface area contributed by atoms with E-state index < -0.39 is 0 Å². The number of nitrogens with zero attached hydrogens (tertiary/aromatic N) is 3. The number of likely N-dealkylation sites (tertiary alicyclic amines) is 1. The first-order valence-corrected chi connectivity index (χ1v) is 7.29. The zero-order valence-electron chi connectivity index (χ0n) is 12.5. The van der Waals surface area contributed by atoms with Crippen molar-refractivity contribution in [3.63, 3.8) is 0 Å². The zero-order valence-corrected chi connectivity index (χ0v) is 12.5. The fourth-order valence-corrected chi connectivity index (χ4v) is 2.62. The van der Waals surface area contributed by atoms with E-state index >= 15 is 0 Å². The Morgan fingerprint density at radius 1 is 1.35 bits per heavy atom. The first kappa shape index (κ1) is 14.8. The molecule has 2 rings (SSSR count). The zero-order chi connectivity index (χ0) is 14.7. The second-order valence-electron chi connectivity index (χ2n) is 5.92. The maximum Gasteiger partial charge on any atom is 0.219 e. The van der Waals surface area contributed by atoms with Crippen molar-refractivity contribution >= 4 is 11.7 Å². The molecule has 5 nitrogen and oxygen atoms in total. The van der Waals surface area contributed by atoms with E-state index in [1.165, 1.54) is 0 Å². The van der Waals surface area contributed by atoms with Gasteiger partial charge < -0.3 is 4.90 Å². The summed E-state index contributed by atoms with van der Waals surface area (Å²) >= 11 is 0. The van der Waals surface area contributed by atoms with Gasteiger partial charge in [-0.15, -0.1) is 0 Å². The maximum absolute atomic E-state index is 11.9. The molecule has 0 radical (unpaired) electrons. The lowest BCUT2D eigenvalue weighted by Crippen LogP contribution is -2.38. The largest absolute Gasteiger partial charge is 0.343 e. The average molecular weight is 277 g/mol. The Morgan fingerprint density at radius 3 is 2.55 bits per heavy atom. The van der Waals surface area contributed by atoms with Crippen LogP contribution in [0.1, 0.15) is 44.0 Å². The molecule has 1 aromatic heterocycles. The van der Waals surface area contributed by atoms with Gasteiger partial charge in [0.1, 0.15) is 0 Å². The molecule has 5 heteroatoms. The summed E-state index contributed by atoms with van der Waals surface area (Å²) in [5, 5.41) is 4.28. The smallest absolute Gasteiger partial charge is 0.219 e. The molecular formula is C15H23N3O2. The van der Waals surface area contributed by atoms with Crippen molar-refractivity contribution in [2.45, 2.75) is 40.2 Å². The Labute approximate surface area is 119 Å². The molecule has 0 N–H and O–H groups in total. The Bertz CT molecular complexity index is 485. The van der Waals surface area contributed by atoms with Crippen LogP contribution in [0.4, 0.5) is 0 Å². The van der Waals surface area contributed by atoms with Crippen LogP contribution in [0.2, 0.25) is 0 Å². The molecule has 0 bridgehead atoms. The van der Waals surface area contributed by atoms with Gasteiger partial charge in [0.2, 0.25) is 5.91 Å². The predicted molar refractivity (Wildman–Crippen MR) is 76.4 cm³/mol. The fraction of sp³-hybridized carbons (Fsp3) is 0.667. The van der Waals surface area contributed by atoms with Crippen molar-refractivity contribution in [1.82, 2.24) is 14.7 Å². The normalized spacial score (nSPS) is 16.7. The number of hydrogen-bond acceptors (Lipinski definition) is 3. The Balaban J connectivity index is 1.89. The van der Waals surface area contributed by atoms with Crippen molar-refractivity contribution in [3.05, 3.63) is 18.0 Å². The first-order valence-electron chi connectivity index (χ1n) is 7.29. The molecule has 0 aliphatic carbocycles. The number of hydrogen-bond donors (Lipinski definition) is 0. The summed E-state index contributed by atoms with van der Waals surface area (Å²) in [6.07, 6.45) is 5.52. The molecule has 1 aliphatic heterocycles. The van der Waals surface area contributed by atoms with Crippen molar-refractivity contribution in [2.75, 3.05) is 13.1 Å². The van der Waals surface area contributed by atoms with E-state index in [9.17, 15) is 9.59 Å². The molecule has 0 atom stereocenters. The van der Waals surface area contributed by atoms with Crippen molar-refractivity contribution in [3.8, 4) is 0 Å². The molecule has 1 amide bonds. The third-order valence-electron chi connectivity index (χ3n) is 3.95. The van der Waals surface area contributed by atoms with Gasteiger partial charge in [-0.3, -0.25) is 14.3 Å². The molecule has 2 heterocycles. The Morgan fingerprint density at radius 2 is 2.00 bits per heavy atom. The lowest BCUT2D eigenvalue weighted by Gasteiger charge is -2.31. The molecule has 0 saturated carbocycles. The van der Waals surface area contributed by atoms with Gasteiger partial charge in [0.15, 0.2) is 5.78 Å². The topological polar surface area (TPSA) is 55.2 Å². The van der Waals surface area contributed by atoms with Gasteiger partial charge in [-0.1, -0.05) is 13.8 Å². The number of rotatable bonds is 4. The van der Waals surface area contributed by atoms with Gasteiger partial charge in [-0.2, -0.15) is 5.10 Å². The molecule has 1 saturated heterocycles. The number of amides is 1. The van der Waals surface area contributed by atoms with E-state index in [-0.39, 0.29) is 17.6 Å². The number of ketones is 1. The summed E-state index contributed by atoms with van der Waals surface area (Å²) in [7, 11) is 0. The second kappa shape index (κ2) is 6.20. The van der Waals surface area contributed by atoms with E-state index in [1.807, 2.05) is 29.6 Å². The second-order valence-corrected chi connectivity index (χ2v) is 5.92. The third-order valence-corrected chi connectivity index (χ3v) is 3.95. The molecule has 0 spiro atoms. The highest BCUT2D eigenvalue weighted by Gasteiger charge is 2.21. The summed E-state index contributed by atoms with van der Waals surface area (Å²) in [6.45, 7) is 7.92. The summed E-state index contributed by atoms with van der Waals surface area (Å²) < 4.78 is 1.86. The number of aromatic nitrogens is 2. The van der Waals surface area contributed by atoms with Gasteiger partial charge in [-0.25, -0.2) is 0 Å². The molecule has 0 aromatic carbocycles. The van der Waals surface area contributed by atoms with Crippen molar-refractivity contribution in [1.29, 1.82) is 0 Å². The van der Waals surface area contributed by atoms with Crippen LogP contribution in [0.3, 0.4) is 0 Å². The van der Waals surface area contributed by atoms with Crippen LogP contribution < -0.4 is 0 Å². The number of carbonyl (C=O) groups excluding carboxylic acids is 2. The Hall–Kier alpha value is -1.65. The molecule has 1 aliphatic rings. The van der Waals surface area contributed by atoms with Crippen LogP contribution in [0, 0.1) is 11.8 Å². The molecule has 20 heavy (non-hydrogen) atoms. The minimum absolute atomic E-state index is 0.00598. The van der Waals surface area contributed by atoms with Gasteiger partial charge in [-0.05, 0) is 18.8 Å². The minimum Gasteiger partial charge on any atom is -0.343 e. The minimum atomic E-state index is 0.00598. The van der Waals surface area contributed by atoms with Crippen LogP contribution in [0.5, 0.6) is 0 Å². The Kier molecular flexibility index (Phi) is 4.57. The van der Waals surface area contributed by atoms with Crippen LogP contribution in [0.15, 0.2) is 12.4 Å². The van der Waals surface area contributed by atoms with Gasteiger partial charge in [0.05, 0.1) is 11.8 Å². The van der Waals surface area contributed by atoms with Gasteiger partial charge in [0, 0.05) is 38.7 Å². The summed E-state index contributed by atoms with van der Waals surface area (Å²) in [5.41, 5.74) is 0.696. The number of carbonyl (C=O) groups is 2. The van der Waals surface area contributed by atoms with E-state index in [4.69, 9.17) is 0 Å². The first-order chi connectivity index (χ1) is 9.47. The highest BCUT2D eigenvalue weighted by Crippen LogP contribution is 2.19. The monoisotopic (exact) mass is 277 g/mol. The lowest BCUT2D eigenvalue weighted by atomic mass is 9.97. The van der Waals surface area contributed by atoms with Crippen molar-refractivity contribution < 1.29 is 9.59 Å². The lowest BCUT2D eigenvalue weighted by molar-refractivity contribution is -0.130. The van der Waals surface area contributed by atoms with Crippen LogP contribution in [-0.4, -0.2) is 39.5 Å². The molecule has 110 valence electrons. The predicted octanol–water partition coefficient (Wildman–Crippen LogP) is 1.98. The van der Waals surface area contributed by atoms with Crippen molar-refractivity contribution in [2.24, 2.45) is 11.8 Å². The van der Waals surface area contributed by atoms with E-state index in [2.05, 4.69) is 5.10 Å². The van der Waals surface area contributed by atoms with E-state index in [0.717, 1.165) is 32.5 Å². The summed E-state index contributed by atoms with van der Waals surface area (Å²) in [4.78, 5) is 25.0.